The van der Waals surface area contributed by atoms with E-state index >= 15 is 0 Å². The van der Waals surface area contributed by atoms with E-state index in [-0.39, 0.29) is 5.91 Å². The summed E-state index contributed by atoms with van der Waals surface area (Å²) in [6, 6.07) is 13.2. The Hall–Kier alpha value is -2.75. The van der Waals surface area contributed by atoms with Crippen LogP contribution >= 0.6 is 11.6 Å². The lowest BCUT2D eigenvalue weighted by atomic mass is 10.1. The summed E-state index contributed by atoms with van der Waals surface area (Å²) in [5.41, 5.74) is 2.36. The summed E-state index contributed by atoms with van der Waals surface area (Å²) < 4.78 is 11.3. The average molecular weight is 412 g/mol. The molecular formula is C22H22ClN3O3. The van der Waals surface area contributed by atoms with Crippen LogP contribution in [0.3, 0.4) is 0 Å². The molecule has 4 rings (SSSR count). The fraction of sp³-hybridized carbons (Fsp3) is 0.364. The molecular weight excluding hydrogens is 390 g/mol. The van der Waals surface area contributed by atoms with Crippen LogP contribution in [0, 0.1) is 11.3 Å². The molecule has 6 nitrogen and oxygen atoms in total. The third-order valence-electron chi connectivity index (χ3n) is 5.20. The van der Waals surface area contributed by atoms with Crippen molar-refractivity contribution in [3.8, 4) is 17.6 Å². The van der Waals surface area contributed by atoms with Gasteiger partial charge in [0.2, 0.25) is 0 Å². The lowest BCUT2D eigenvalue weighted by molar-refractivity contribution is 0.0628. The van der Waals surface area contributed by atoms with Crippen LogP contribution in [0.2, 0.25) is 5.02 Å². The van der Waals surface area contributed by atoms with Gasteiger partial charge in [-0.25, -0.2) is 0 Å². The summed E-state index contributed by atoms with van der Waals surface area (Å²) in [5.74, 6) is 1.02. The van der Waals surface area contributed by atoms with E-state index in [2.05, 4.69) is 11.0 Å². The largest absolute Gasteiger partial charge is 0.489 e. The van der Waals surface area contributed by atoms with E-state index < -0.39 is 0 Å². The third-order valence-corrected chi connectivity index (χ3v) is 5.48. The number of halogens is 1. The van der Waals surface area contributed by atoms with Crippen LogP contribution in [-0.4, -0.2) is 55.1 Å². The van der Waals surface area contributed by atoms with Gasteiger partial charge in [-0.05, 0) is 29.8 Å². The molecule has 2 aromatic carbocycles. The van der Waals surface area contributed by atoms with Crippen molar-refractivity contribution in [2.24, 2.45) is 0 Å². The van der Waals surface area contributed by atoms with Gasteiger partial charge in [-0.1, -0.05) is 23.7 Å². The van der Waals surface area contributed by atoms with E-state index in [0.29, 0.717) is 54.0 Å². The Morgan fingerprint density at radius 3 is 2.52 bits per heavy atom. The summed E-state index contributed by atoms with van der Waals surface area (Å²) >= 11 is 6.33. The van der Waals surface area contributed by atoms with Gasteiger partial charge in [0, 0.05) is 44.7 Å². The highest BCUT2D eigenvalue weighted by atomic mass is 35.5. The predicted molar refractivity (Wildman–Crippen MR) is 109 cm³/mol. The molecule has 2 aliphatic rings. The number of amides is 1. The number of carbonyl (C=O) groups excluding carboxylic acids is 1. The van der Waals surface area contributed by atoms with E-state index in [1.165, 1.54) is 5.56 Å². The van der Waals surface area contributed by atoms with Gasteiger partial charge in [-0.2, -0.15) is 5.26 Å². The fourth-order valence-corrected chi connectivity index (χ4v) is 3.85. The standard InChI is InChI=1S/C22H22ClN3O3/c23-19-12-18(13-20-21(19)29-11-1-10-28-20)22(27)26-8-6-25(7-9-26)15-17-4-2-16(14-24)3-5-17/h2-5,12-13H,1,6-11,15H2. The van der Waals surface area contributed by atoms with Gasteiger partial charge in [-0.15, -0.1) is 0 Å². The average Bonchev–Trinajstić information content (AvgIpc) is 3.00. The van der Waals surface area contributed by atoms with Crippen LogP contribution in [0.15, 0.2) is 36.4 Å². The number of benzene rings is 2. The lowest BCUT2D eigenvalue weighted by Gasteiger charge is -2.35. The predicted octanol–water partition coefficient (Wildman–Crippen LogP) is 3.33. The highest BCUT2D eigenvalue weighted by Gasteiger charge is 2.25. The van der Waals surface area contributed by atoms with Gasteiger partial charge < -0.3 is 14.4 Å². The van der Waals surface area contributed by atoms with Gasteiger partial charge in [-0.3, -0.25) is 9.69 Å². The number of ether oxygens (including phenoxy) is 2. The van der Waals surface area contributed by atoms with Crippen molar-refractivity contribution < 1.29 is 14.3 Å². The number of rotatable bonds is 3. The van der Waals surface area contributed by atoms with Crippen molar-refractivity contribution in [3.63, 3.8) is 0 Å². The number of fused-ring (bicyclic) bond motifs is 1. The molecule has 29 heavy (non-hydrogen) atoms. The number of hydrogen-bond donors (Lipinski definition) is 0. The first-order chi connectivity index (χ1) is 14.1. The summed E-state index contributed by atoms with van der Waals surface area (Å²) in [4.78, 5) is 17.1. The van der Waals surface area contributed by atoms with E-state index in [0.717, 1.165) is 26.1 Å². The van der Waals surface area contributed by atoms with E-state index in [4.69, 9.17) is 26.3 Å². The molecule has 0 spiro atoms. The first-order valence-electron chi connectivity index (χ1n) is 9.74. The summed E-state index contributed by atoms with van der Waals surface area (Å²) in [7, 11) is 0. The molecule has 0 atom stereocenters. The van der Waals surface area contributed by atoms with Crippen molar-refractivity contribution in [3.05, 3.63) is 58.1 Å². The highest BCUT2D eigenvalue weighted by molar-refractivity contribution is 6.32. The van der Waals surface area contributed by atoms with Crippen molar-refractivity contribution in [1.29, 1.82) is 5.26 Å². The quantitative estimate of drug-likeness (QED) is 0.775. The fourth-order valence-electron chi connectivity index (χ4n) is 3.59. The molecule has 0 aromatic heterocycles. The molecule has 0 radical (unpaired) electrons. The SMILES string of the molecule is N#Cc1ccc(CN2CCN(C(=O)c3cc(Cl)c4c(c3)OCCCO4)CC2)cc1. The highest BCUT2D eigenvalue weighted by Crippen LogP contribution is 2.38. The molecule has 0 bridgehead atoms. The van der Waals surface area contributed by atoms with Crippen molar-refractivity contribution in [2.75, 3.05) is 39.4 Å². The maximum absolute atomic E-state index is 13.0. The number of carbonyl (C=O) groups is 1. The Kier molecular flexibility index (Phi) is 5.89. The number of nitriles is 1. The third kappa shape index (κ3) is 4.47. The van der Waals surface area contributed by atoms with Crippen LogP contribution < -0.4 is 9.47 Å². The normalized spacial score (nSPS) is 16.8. The molecule has 7 heteroatoms. The molecule has 0 unspecified atom stereocenters. The maximum Gasteiger partial charge on any atom is 0.254 e. The number of piperazine rings is 1. The minimum absolute atomic E-state index is 0.0411. The molecule has 2 heterocycles. The zero-order chi connectivity index (χ0) is 20.2. The second-order valence-corrected chi connectivity index (χ2v) is 7.62. The monoisotopic (exact) mass is 411 g/mol. The first kappa shape index (κ1) is 19.6. The molecule has 1 fully saturated rings. The molecule has 0 aliphatic carbocycles. The number of nitrogens with zero attached hydrogens (tertiary/aromatic N) is 3. The molecule has 0 N–H and O–H groups in total. The zero-order valence-corrected chi connectivity index (χ0v) is 16.8. The summed E-state index contributed by atoms with van der Waals surface area (Å²) in [6.45, 7) is 4.82. The van der Waals surface area contributed by atoms with Gasteiger partial charge in [0.25, 0.3) is 5.91 Å². The molecule has 0 saturated carbocycles. The van der Waals surface area contributed by atoms with Crippen molar-refractivity contribution in [1.82, 2.24) is 9.80 Å². The van der Waals surface area contributed by atoms with E-state index in [9.17, 15) is 4.79 Å². The molecule has 150 valence electrons. The van der Waals surface area contributed by atoms with Gasteiger partial charge in [0.1, 0.15) is 0 Å². The van der Waals surface area contributed by atoms with Crippen LogP contribution in [-0.2, 0) is 6.54 Å². The van der Waals surface area contributed by atoms with Gasteiger partial charge in [0.15, 0.2) is 11.5 Å². The van der Waals surface area contributed by atoms with Crippen LogP contribution in [0.5, 0.6) is 11.5 Å². The molecule has 1 amide bonds. The first-order valence-corrected chi connectivity index (χ1v) is 10.1. The number of hydrogen-bond acceptors (Lipinski definition) is 5. The molecule has 2 aliphatic heterocycles. The lowest BCUT2D eigenvalue weighted by Crippen LogP contribution is -2.48. The smallest absolute Gasteiger partial charge is 0.254 e. The maximum atomic E-state index is 13.0. The van der Waals surface area contributed by atoms with Gasteiger partial charge >= 0.3 is 0 Å². The Morgan fingerprint density at radius 1 is 1.07 bits per heavy atom. The zero-order valence-electron chi connectivity index (χ0n) is 16.1. The molecule has 1 saturated heterocycles. The van der Waals surface area contributed by atoms with Crippen LogP contribution in [0.1, 0.15) is 27.9 Å². The van der Waals surface area contributed by atoms with Gasteiger partial charge in [0.05, 0.1) is 29.9 Å². The minimum atomic E-state index is -0.0411. The van der Waals surface area contributed by atoms with E-state index in [1.54, 1.807) is 12.1 Å². The van der Waals surface area contributed by atoms with Crippen LogP contribution in [0.4, 0.5) is 0 Å². The Labute approximate surface area is 175 Å². The second kappa shape index (κ2) is 8.73. The Morgan fingerprint density at radius 2 is 1.79 bits per heavy atom. The Balaban J connectivity index is 1.38. The summed E-state index contributed by atoms with van der Waals surface area (Å²) in [5, 5.41) is 9.31. The van der Waals surface area contributed by atoms with Crippen molar-refractivity contribution >= 4 is 17.5 Å². The second-order valence-electron chi connectivity index (χ2n) is 7.21. The van der Waals surface area contributed by atoms with E-state index in [1.807, 2.05) is 29.2 Å². The topological polar surface area (TPSA) is 65.8 Å². The minimum Gasteiger partial charge on any atom is -0.489 e. The van der Waals surface area contributed by atoms with Crippen LogP contribution in [0.25, 0.3) is 0 Å². The molecule has 2 aromatic rings. The van der Waals surface area contributed by atoms with Crippen molar-refractivity contribution in [2.45, 2.75) is 13.0 Å². The Bertz CT molecular complexity index is 932. The summed E-state index contributed by atoms with van der Waals surface area (Å²) in [6.07, 6.45) is 0.787.